The van der Waals surface area contributed by atoms with Crippen LogP contribution in [0.3, 0.4) is 0 Å². The average Bonchev–Trinajstić information content (AvgIpc) is 3.51. The van der Waals surface area contributed by atoms with E-state index in [1.165, 1.54) is 0 Å². The Balaban J connectivity index is 1.49. The van der Waals surface area contributed by atoms with Gasteiger partial charge in [0.1, 0.15) is 11.5 Å². The number of ether oxygens (including phenoxy) is 1. The summed E-state index contributed by atoms with van der Waals surface area (Å²) in [7, 11) is 1.65. The summed E-state index contributed by atoms with van der Waals surface area (Å²) in [6, 6.07) is 9.69. The number of carbonyl (C=O) groups excluding carboxylic acids is 1. The smallest absolute Gasteiger partial charge is 0.273 e. The van der Waals surface area contributed by atoms with Crippen molar-refractivity contribution in [3.63, 3.8) is 0 Å². The second-order valence-electron chi connectivity index (χ2n) is 6.45. The predicted octanol–water partition coefficient (Wildman–Crippen LogP) is 3.44. The number of nitrogens with one attached hydrogen (secondary N) is 1. The van der Waals surface area contributed by atoms with E-state index in [1.807, 2.05) is 24.3 Å². The Kier molecular flexibility index (Phi) is 3.56. The Bertz CT molecular complexity index is 699. The molecule has 1 atom stereocenters. The van der Waals surface area contributed by atoms with Gasteiger partial charge in [-0.2, -0.15) is 0 Å². The lowest BCUT2D eigenvalue weighted by atomic mass is 10.0. The van der Waals surface area contributed by atoms with Crippen LogP contribution in [0.4, 0.5) is 0 Å². The molecule has 4 rings (SSSR count). The molecule has 2 fully saturated rings. The van der Waals surface area contributed by atoms with E-state index >= 15 is 0 Å². The fraction of sp³-hybridized carbons (Fsp3) is 0.444. The third-order valence-electron chi connectivity index (χ3n) is 4.60. The average molecular weight is 312 g/mol. The van der Waals surface area contributed by atoms with Gasteiger partial charge in [-0.05, 0) is 49.3 Å². The molecule has 0 radical (unpaired) electrons. The molecule has 0 saturated heterocycles. The van der Waals surface area contributed by atoms with Gasteiger partial charge in [-0.25, -0.2) is 0 Å². The van der Waals surface area contributed by atoms with Gasteiger partial charge in [0.2, 0.25) is 0 Å². The van der Waals surface area contributed by atoms with E-state index in [2.05, 4.69) is 10.5 Å². The van der Waals surface area contributed by atoms with Gasteiger partial charge in [-0.15, -0.1) is 0 Å². The molecular formula is C18H20N2O3. The van der Waals surface area contributed by atoms with Crippen molar-refractivity contribution in [1.82, 2.24) is 10.5 Å². The van der Waals surface area contributed by atoms with Gasteiger partial charge in [0.25, 0.3) is 5.91 Å². The van der Waals surface area contributed by atoms with Crippen LogP contribution in [0.25, 0.3) is 0 Å². The zero-order valence-corrected chi connectivity index (χ0v) is 13.1. The van der Waals surface area contributed by atoms with E-state index in [1.54, 1.807) is 13.2 Å². The van der Waals surface area contributed by atoms with E-state index in [0.717, 1.165) is 42.8 Å². The van der Waals surface area contributed by atoms with Gasteiger partial charge in [0.05, 0.1) is 13.2 Å². The fourth-order valence-electron chi connectivity index (χ4n) is 2.89. The van der Waals surface area contributed by atoms with Crippen molar-refractivity contribution in [2.24, 2.45) is 5.92 Å². The Morgan fingerprint density at radius 2 is 2.00 bits per heavy atom. The zero-order valence-electron chi connectivity index (χ0n) is 13.1. The summed E-state index contributed by atoms with van der Waals surface area (Å²) in [4.78, 5) is 12.5. The third-order valence-corrected chi connectivity index (χ3v) is 4.60. The molecule has 23 heavy (non-hydrogen) atoms. The van der Waals surface area contributed by atoms with Crippen molar-refractivity contribution in [2.75, 3.05) is 7.11 Å². The van der Waals surface area contributed by atoms with Crippen molar-refractivity contribution in [3.05, 3.63) is 47.3 Å². The normalized spacial score (nSPS) is 18.5. The highest BCUT2D eigenvalue weighted by Crippen LogP contribution is 2.42. The van der Waals surface area contributed by atoms with Crippen LogP contribution in [0.5, 0.6) is 5.75 Å². The molecule has 1 amide bonds. The summed E-state index contributed by atoms with van der Waals surface area (Å²) in [6.07, 6.45) is 4.55. The quantitative estimate of drug-likeness (QED) is 0.887. The van der Waals surface area contributed by atoms with Crippen molar-refractivity contribution in [2.45, 2.75) is 37.6 Å². The van der Waals surface area contributed by atoms with Crippen LogP contribution in [-0.2, 0) is 0 Å². The maximum absolute atomic E-state index is 12.5. The summed E-state index contributed by atoms with van der Waals surface area (Å²) in [5.41, 5.74) is 1.48. The Labute approximate surface area is 135 Å². The van der Waals surface area contributed by atoms with Gasteiger partial charge in [0.15, 0.2) is 5.69 Å². The number of hydrogen-bond donors (Lipinski definition) is 1. The first-order valence-corrected chi connectivity index (χ1v) is 8.16. The summed E-state index contributed by atoms with van der Waals surface area (Å²) < 4.78 is 10.5. The molecule has 1 aromatic carbocycles. The molecular weight excluding hydrogens is 292 g/mol. The standard InChI is InChI=1S/C18H20N2O3/c1-22-14-8-6-13(7-9-14)17(12-4-5-12)19-18(21)15-10-16(23-20-15)11-2-3-11/h6-12,17H,2-5H2,1H3,(H,19,21)/t17-/m0/s1. The van der Waals surface area contributed by atoms with Gasteiger partial charge in [0, 0.05) is 12.0 Å². The first-order valence-electron chi connectivity index (χ1n) is 8.16. The SMILES string of the molecule is COc1ccc([C@@H](NC(=O)c2cc(C3CC3)on2)C2CC2)cc1. The molecule has 2 aliphatic rings. The van der Waals surface area contributed by atoms with E-state index in [-0.39, 0.29) is 11.9 Å². The number of nitrogens with zero attached hydrogens (tertiary/aromatic N) is 1. The number of amides is 1. The maximum Gasteiger partial charge on any atom is 0.273 e. The highest BCUT2D eigenvalue weighted by Gasteiger charge is 2.35. The minimum Gasteiger partial charge on any atom is -0.497 e. The number of rotatable bonds is 6. The lowest BCUT2D eigenvalue weighted by Crippen LogP contribution is -2.30. The molecule has 1 N–H and O–H groups in total. The van der Waals surface area contributed by atoms with Gasteiger partial charge >= 0.3 is 0 Å². The Morgan fingerprint density at radius 3 is 2.61 bits per heavy atom. The van der Waals surface area contributed by atoms with Gasteiger partial charge in [-0.3, -0.25) is 4.79 Å². The molecule has 0 bridgehead atoms. The van der Waals surface area contributed by atoms with Crippen molar-refractivity contribution >= 4 is 5.91 Å². The number of hydrogen-bond acceptors (Lipinski definition) is 4. The first kappa shape index (κ1) is 14.3. The molecule has 2 aromatic rings. The molecule has 5 heteroatoms. The summed E-state index contributed by atoms with van der Waals surface area (Å²) >= 11 is 0. The molecule has 1 aromatic heterocycles. The number of carbonyl (C=O) groups is 1. The predicted molar refractivity (Wildman–Crippen MR) is 84.4 cm³/mol. The molecule has 5 nitrogen and oxygen atoms in total. The topological polar surface area (TPSA) is 64.4 Å². The monoisotopic (exact) mass is 312 g/mol. The minimum absolute atomic E-state index is 0.0227. The first-order chi connectivity index (χ1) is 11.2. The number of benzene rings is 1. The van der Waals surface area contributed by atoms with Crippen LogP contribution < -0.4 is 10.1 Å². The van der Waals surface area contributed by atoms with E-state index < -0.39 is 0 Å². The Hall–Kier alpha value is -2.30. The molecule has 0 spiro atoms. The zero-order chi connectivity index (χ0) is 15.8. The molecule has 120 valence electrons. The second kappa shape index (κ2) is 5.72. The van der Waals surface area contributed by atoms with Crippen molar-refractivity contribution < 1.29 is 14.1 Å². The van der Waals surface area contributed by atoms with Crippen LogP contribution >= 0.6 is 0 Å². The highest BCUT2D eigenvalue weighted by molar-refractivity contribution is 5.92. The van der Waals surface area contributed by atoms with E-state index in [0.29, 0.717) is 17.5 Å². The largest absolute Gasteiger partial charge is 0.497 e. The van der Waals surface area contributed by atoms with Crippen LogP contribution in [0.15, 0.2) is 34.9 Å². The molecule has 1 heterocycles. The highest BCUT2D eigenvalue weighted by atomic mass is 16.5. The van der Waals surface area contributed by atoms with Crippen LogP contribution in [0, 0.1) is 5.92 Å². The second-order valence-corrected chi connectivity index (χ2v) is 6.45. The van der Waals surface area contributed by atoms with Crippen LogP contribution in [-0.4, -0.2) is 18.2 Å². The lowest BCUT2D eigenvalue weighted by molar-refractivity contribution is 0.0922. The summed E-state index contributed by atoms with van der Waals surface area (Å²) in [6.45, 7) is 0. The third kappa shape index (κ3) is 3.09. The minimum atomic E-state index is -0.159. The molecule has 0 unspecified atom stereocenters. The van der Waals surface area contributed by atoms with Crippen LogP contribution in [0.2, 0.25) is 0 Å². The van der Waals surface area contributed by atoms with Crippen molar-refractivity contribution in [1.29, 1.82) is 0 Å². The molecule has 2 aliphatic carbocycles. The van der Waals surface area contributed by atoms with Gasteiger partial charge < -0.3 is 14.6 Å². The van der Waals surface area contributed by atoms with E-state index in [9.17, 15) is 4.79 Å². The molecule has 2 saturated carbocycles. The van der Waals surface area contributed by atoms with Gasteiger partial charge in [-0.1, -0.05) is 17.3 Å². The number of methoxy groups -OCH3 is 1. The lowest BCUT2D eigenvalue weighted by Gasteiger charge is -2.18. The van der Waals surface area contributed by atoms with E-state index in [4.69, 9.17) is 9.26 Å². The maximum atomic E-state index is 12.5. The number of aromatic nitrogens is 1. The Morgan fingerprint density at radius 1 is 1.26 bits per heavy atom. The van der Waals surface area contributed by atoms with Crippen molar-refractivity contribution in [3.8, 4) is 5.75 Å². The summed E-state index contributed by atoms with van der Waals surface area (Å²) in [5.74, 6) is 2.46. The fourth-order valence-corrected chi connectivity index (χ4v) is 2.89. The summed E-state index contributed by atoms with van der Waals surface area (Å²) in [5, 5.41) is 7.04. The van der Waals surface area contributed by atoms with Crippen LogP contribution in [0.1, 0.15) is 59.5 Å². The molecule has 0 aliphatic heterocycles.